The smallest absolute Gasteiger partial charge is 0.326 e. The number of urea groups is 1. The van der Waals surface area contributed by atoms with Crippen LogP contribution in [-0.2, 0) is 9.53 Å². The van der Waals surface area contributed by atoms with Crippen molar-refractivity contribution in [2.45, 2.75) is 31.4 Å². The van der Waals surface area contributed by atoms with Crippen LogP contribution in [0.3, 0.4) is 0 Å². The molecular weight excluding hydrogens is 236 g/mol. The molecule has 0 radical (unpaired) electrons. The van der Waals surface area contributed by atoms with Gasteiger partial charge in [-0.1, -0.05) is 0 Å². The second-order valence-corrected chi connectivity index (χ2v) is 4.14. The van der Waals surface area contributed by atoms with Crippen LogP contribution in [-0.4, -0.2) is 54.4 Å². The standard InChI is InChI=1S/C12H18N2O4/c1-3-4-5-6-13-12(17)14-8-9(18-2)7-10(14)11(15)16/h1,9-10H,4-8H2,2H3,(H,13,17)(H,15,16). The maximum Gasteiger partial charge on any atom is 0.326 e. The van der Waals surface area contributed by atoms with E-state index in [0.29, 0.717) is 32.4 Å². The van der Waals surface area contributed by atoms with Gasteiger partial charge in [-0.3, -0.25) is 0 Å². The number of rotatable bonds is 5. The van der Waals surface area contributed by atoms with Gasteiger partial charge < -0.3 is 20.1 Å². The van der Waals surface area contributed by atoms with E-state index in [1.54, 1.807) is 0 Å². The normalized spacial score (nSPS) is 22.6. The molecule has 2 amide bonds. The quantitative estimate of drug-likeness (QED) is 0.545. The maximum atomic E-state index is 11.8. The SMILES string of the molecule is C#CCCCNC(=O)N1CC(OC)CC1C(=O)O. The number of amides is 2. The van der Waals surface area contributed by atoms with Gasteiger partial charge in [0.25, 0.3) is 0 Å². The van der Waals surface area contributed by atoms with Gasteiger partial charge in [0.15, 0.2) is 0 Å². The van der Waals surface area contributed by atoms with Crippen molar-refractivity contribution < 1.29 is 19.4 Å². The maximum absolute atomic E-state index is 11.8. The number of unbranched alkanes of at least 4 members (excludes halogenated alkanes) is 1. The van der Waals surface area contributed by atoms with Gasteiger partial charge in [-0.15, -0.1) is 12.3 Å². The van der Waals surface area contributed by atoms with E-state index >= 15 is 0 Å². The molecule has 0 aliphatic carbocycles. The first kappa shape index (κ1) is 14.3. The van der Waals surface area contributed by atoms with E-state index in [4.69, 9.17) is 16.3 Å². The molecule has 2 N–H and O–H groups in total. The summed E-state index contributed by atoms with van der Waals surface area (Å²) in [4.78, 5) is 24.2. The minimum Gasteiger partial charge on any atom is -0.480 e. The molecular formula is C12H18N2O4. The molecule has 0 aromatic heterocycles. The van der Waals surface area contributed by atoms with E-state index in [-0.39, 0.29) is 12.1 Å². The summed E-state index contributed by atoms with van der Waals surface area (Å²) in [5.41, 5.74) is 0. The second-order valence-electron chi connectivity index (χ2n) is 4.14. The summed E-state index contributed by atoms with van der Waals surface area (Å²) in [6.07, 6.45) is 6.47. The third-order valence-corrected chi connectivity index (χ3v) is 2.92. The third kappa shape index (κ3) is 3.64. The molecule has 2 unspecified atom stereocenters. The largest absolute Gasteiger partial charge is 0.480 e. The molecule has 0 aromatic rings. The minimum absolute atomic E-state index is 0.220. The third-order valence-electron chi connectivity index (χ3n) is 2.92. The molecule has 1 aliphatic rings. The van der Waals surface area contributed by atoms with Crippen LogP contribution in [0.2, 0.25) is 0 Å². The van der Waals surface area contributed by atoms with Crippen molar-refractivity contribution in [1.82, 2.24) is 10.2 Å². The lowest BCUT2D eigenvalue weighted by Crippen LogP contribution is -2.46. The lowest BCUT2D eigenvalue weighted by atomic mass is 10.2. The Morgan fingerprint density at radius 1 is 1.61 bits per heavy atom. The highest BCUT2D eigenvalue weighted by molar-refractivity contribution is 5.83. The second kappa shape index (κ2) is 6.87. The van der Waals surface area contributed by atoms with Crippen LogP contribution >= 0.6 is 0 Å². The number of methoxy groups -OCH3 is 1. The zero-order chi connectivity index (χ0) is 13.5. The fraction of sp³-hybridized carbons (Fsp3) is 0.667. The molecule has 1 rings (SSSR count). The molecule has 0 saturated carbocycles. The first-order chi connectivity index (χ1) is 8.60. The Bertz CT molecular complexity index is 350. The van der Waals surface area contributed by atoms with E-state index < -0.39 is 12.0 Å². The van der Waals surface area contributed by atoms with Gasteiger partial charge in [0.2, 0.25) is 0 Å². The van der Waals surface area contributed by atoms with Gasteiger partial charge in [0.05, 0.1) is 6.10 Å². The molecule has 2 atom stereocenters. The highest BCUT2D eigenvalue weighted by atomic mass is 16.5. The Balaban J connectivity index is 2.49. The number of terminal acetylenes is 1. The van der Waals surface area contributed by atoms with Gasteiger partial charge in [0, 0.05) is 33.0 Å². The highest BCUT2D eigenvalue weighted by Crippen LogP contribution is 2.20. The van der Waals surface area contributed by atoms with Crippen LogP contribution < -0.4 is 5.32 Å². The van der Waals surface area contributed by atoms with Crippen LogP contribution in [0.15, 0.2) is 0 Å². The highest BCUT2D eigenvalue weighted by Gasteiger charge is 2.39. The van der Waals surface area contributed by atoms with Crippen molar-refractivity contribution >= 4 is 12.0 Å². The number of carbonyl (C=O) groups is 2. The van der Waals surface area contributed by atoms with E-state index in [2.05, 4.69) is 11.2 Å². The molecule has 6 nitrogen and oxygen atoms in total. The van der Waals surface area contributed by atoms with Gasteiger partial charge >= 0.3 is 12.0 Å². The lowest BCUT2D eigenvalue weighted by molar-refractivity contribution is -0.141. The molecule has 100 valence electrons. The molecule has 1 heterocycles. The van der Waals surface area contributed by atoms with E-state index in [1.807, 2.05) is 0 Å². The molecule has 0 bridgehead atoms. The summed E-state index contributed by atoms with van der Waals surface area (Å²) in [5, 5.41) is 11.7. The summed E-state index contributed by atoms with van der Waals surface area (Å²) >= 11 is 0. The number of likely N-dealkylation sites (tertiary alicyclic amines) is 1. The number of carboxylic acid groups (broad SMARTS) is 1. The van der Waals surface area contributed by atoms with Crippen LogP contribution in [0, 0.1) is 12.3 Å². The predicted octanol–water partition coefficient (Wildman–Crippen LogP) is 0.283. The molecule has 1 fully saturated rings. The Kier molecular flexibility index (Phi) is 5.46. The van der Waals surface area contributed by atoms with Crippen molar-refractivity contribution in [3.63, 3.8) is 0 Å². The first-order valence-electron chi connectivity index (χ1n) is 5.83. The van der Waals surface area contributed by atoms with Crippen molar-refractivity contribution in [2.75, 3.05) is 20.2 Å². The van der Waals surface area contributed by atoms with Crippen LogP contribution in [0.25, 0.3) is 0 Å². The molecule has 0 aromatic carbocycles. The molecule has 6 heteroatoms. The average Bonchev–Trinajstić information content (AvgIpc) is 2.78. The van der Waals surface area contributed by atoms with E-state index in [9.17, 15) is 9.59 Å². The summed E-state index contributed by atoms with van der Waals surface area (Å²) in [5.74, 6) is 1.47. The van der Waals surface area contributed by atoms with Crippen LogP contribution in [0.5, 0.6) is 0 Å². The number of carboxylic acids is 1. The first-order valence-corrected chi connectivity index (χ1v) is 5.83. The van der Waals surface area contributed by atoms with Gasteiger partial charge in [-0.25, -0.2) is 9.59 Å². The summed E-state index contributed by atoms with van der Waals surface area (Å²) < 4.78 is 5.10. The summed E-state index contributed by atoms with van der Waals surface area (Å²) in [6.45, 7) is 0.748. The van der Waals surface area contributed by atoms with E-state index in [0.717, 1.165) is 0 Å². The van der Waals surface area contributed by atoms with Crippen molar-refractivity contribution in [3.8, 4) is 12.3 Å². The van der Waals surface area contributed by atoms with Crippen LogP contribution in [0.4, 0.5) is 4.79 Å². The average molecular weight is 254 g/mol. The van der Waals surface area contributed by atoms with Crippen LogP contribution in [0.1, 0.15) is 19.3 Å². The Morgan fingerprint density at radius 3 is 2.89 bits per heavy atom. The Morgan fingerprint density at radius 2 is 2.33 bits per heavy atom. The number of hydrogen-bond donors (Lipinski definition) is 2. The molecule has 18 heavy (non-hydrogen) atoms. The summed E-state index contributed by atoms with van der Waals surface area (Å²) in [6, 6.07) is -1.19. The van der Waals surface area contributed by atoms with E-state index in [1.165, 1.54) is 12.0 Å². The summed E-state index contributed by atoms with van der Waals surface area (Å²) in [7, 11) is 1.51. The number of carbonyl (C=O) groups excluding carboxylic acids is 1. The number of aliphatic carboxylic acids is 1. The van der Waals surface area contributed by atoms with Crippen molar-refractivity contribution in [3.05, 3.63) is 0 Å². The minimum atomic E-state index is -1.01. The molecule has 0 spiro atoms. The van der Waals surface area contributed by atoms with Gasteiger partial charge in [-0.05, 0) is 6.42 Å². The van der Waals surface area contributed by atoms with Gasteiger partial charge in [-0.2, -0.15) is 0 Å². The fourth-order valence-corrected chi connectivity index (χ4v) is 1.91. The number of ether oxygens (including phenoxy) is 1. The van der Waals surface area contributed by atoms with Crippen molar-refractivity contribution in [2.24, 2.45) is 0 Å². The Hall–Kier alpha value is -1.74. The number of nitrogens with zero attached hydrogens (tertiary/aromatic N) is 1. The molecule has 1 aliphatic heterocycles. The van der Waals surface area contributed by atoms with Crippen molar-refractivity contribution in [1.29, 1.82) is 0 Å². The fourth-order valence-electron chi connectivity index (χ4n) is 1.91. The molecule has 1 saturated heterocycles. The zero-order valence-corrected chi connectivity index (χ0v) is 10.4. The number of hydrogen-bond acceptors (Lipinski definition) is 3. The predicted molar refractivity (Wildman–Crippen MR) is 65.0 cm³/mol. The van der Waals surface area contributed by atoms with Gasteiger partial charge in [0.1, 0.15) is 6.04 Å². The number of nitrogens with one attached hydrogen (secondary N) is 1. The lowest BCUT2D eigenvalue weighted by Gasteiger charge is -2.21. The zero-order valence-electron chi connectivity index (χ0n) is 10.4. The topological polar surface area (TPSA) is 78.9 Å². The Labute approximate surface area is 106 Å². The monoisotopic (exact) mass is 254 g/mol.